The van der Waals surface area contributed by atoms with Crippen molar-refractivity contribution in [1.29, 1.82) is 0 Å². The van der Waals surface area contributed by atoms with Crippen molar-refractivity contribution in [3.8, 4) is 16.9 Å². The second kappa shape index (κ2) is 10.8. The number of likely N-dealkylation sites (tertiary alicyclic amines) is 1. The summed E-state index contributed by atoms with van der Waals surface area (Å²) in [5.74, 6) is 0.856. The van der Waals surface area contributed by atoms with Crippen molar-refractivity contribution in [1.82, 2.24) is 19.0 Å². The number of pyridine rings is 1. The van der Waals surface area contributed by atoms with Gasteiger partial charge in [0.15, 0.2) is 0 Å². The Hall–Kier alpha value is -2.94. The highest BCUT2D eigenvalue weighted by Gasteiger charge is 2.22. The van der Waals surface area contributed by atoms with Crippen LogP contribution in [0, 0.1) is 6.92 Å². The molecular formula is C28H31ClN4O3S. The first kappa shape index (κ1) is 25.7. The smallest absolute Gasteiger partial charge is 0.331 e. The summed E-state index contributed by atoms with van der Waals surface area (Å²) in [6, 6.07) is 9.25. The van der Waals surface area contributed by atoms with Gasteiger partial charge in [-0.05, 0) is 69.1 Å². The number of hydrogen-bond donors (Lipinski definition) is 0. The molecule has 0 radical (unpaired) electrons. The summed E-state index contributed by atoms with van der Waals surface area (Å²) in [6.45, 7) is 7.65. The van der Waals surface area contributed by atoms with Crippen molar-refractivity contribution in [2.24, 2.45) is 7.05 Å². The number of hydrogen-bond acceptors (Lipinski definition) is 6. The van der Waals surface area contributed by atoms with Gasteiger partial charge in [-0.1, -0.05) is 18.5 Å². The number of benzene rings is 1. The molecule has 1 aliphatic rings. The fourth-order valence-corrected chi connectivity index (χ4v) is 6.41. The Bertz CT molecular complexity index is 1560. The van der Waals surface area contributed by atoms with Crippen molar-refractivity contribution >= 4 is 33.2 Å². The second-order valence-corrected chi connectivity index (χ2v) is 11.2. The zero-order valence-electron chi connectivity index (χ0n) is 21.4. The molecule has 9 heteroatoms. The van der Waals surface area contributed by atoms with Gasteiger partial charge in [0.1, 0.15) is 11.9 Å². The summed E-state index contributed by atoms with van der Waals surface area (Å²) in [5, 5.41) is 0.652. The minimum absolute atomic E-state index is 0.146. The van der Waals surface area contributed by atoms with Gasteiger partial charge in [0.2, 0.25) is 0 Å². The van der Waals surface area contributed by atoms with Crippen LogP contribution in [-0.4, -0.2) is 44.8 Å². The third kappa shape index (κ3) is 5.37. The molecule has 0 N–H and O–H groups in total. The molecule has 1 atom stereocenters. The van der Waals surface area contributed by atoms with E-state index in [4.69, 9.17) is 16.3 Å². The van der Waals surface area contributed by atoms with Crippen LogP contribution in [0.15, 0.2) is 52.3 Å². The fourth-order valence-electron chi connectivity index (χ4n) is 5.01. The maximum Gasteiger partial charge on any atom is 0.331 e. The number of thiophene rings is 1. The Morgan fingerprint density at radius 3 is 2.78 bits per heavy atom. The van der Waals surface area contributed by atoms with Crippen LogP contribution in [0.2, 0.25) is 5.02 Å². The summed E-state index contributed by atoms with van der Waals surface area (Å²) in [6.07, 6.45) is 6.55. The summed E-state index contributed by atoms with van der Waals surface area (Å²) in [7, 11) is 1.64. The van der Waals surface area contributed by atoms with Crippen molar-refractivity contribution in [3.05, 3.63) is 79.0 Å². The van der Waals surface area contributed by atoms with Crippen LogP contribution >= 0.6 is 22.9 Å². The van der Waals surface area contributed by atoms with E-state index in [1.54, 1.807) is 13.2 Å². The van der Waals surface area contributed by atoms with E-state index in [-0.39, 0.29) is 23.9 Å². The Morgan fingerprint density at radius 1 is 1.14 bits per heavy atom. The highest BCUT2D eigenvalue weighted by atomic mass is 35.5. The molecule has 1 aliphatic heterocycles. The van der Waals surface area contributed by atoms with Gasteiger partial charge in [-0.25, -0.2) is 4.79 Å². The van der Waals surface area contributed by atoms with Crippen LogP contribution in [0.3, 0.4) is 0 Å². The number of nitrogens with zero attached hydrogens (tertiary/aromatic N) is 4. The minimum atomic E-state index is -0.343. The SMILES string of the molecule is CCN1CCC[C@H](Oc2c(C)cc(Cl)cc2-c2ccnc3cc(Cn4c(=O)ccn(C)c4=O)sc23)CC1. The topological polar surface area (TPSA) is 69.4 Å². The standard InChI is InChI=1S/C28H31ClN4O3S/c1-4-32-11-5-6-20(8-13-32)36-26-18(2)14-19(29)15-23(26)22-7-10-30-24-16-21(37-27(22)24)17-33-25(34)9-12-31(3)28(33)35/h7,9-10,12,14-16,20H,4-6,8,11,13,17H2,1-3H3/t20-/m0/s1. The van der Waals surface area contributed by atoms with Crippen molar-refractivity contribution in [2.75, 3.05) is 19.6 Å². The molecule has 37 heavy (non-hydrogen) atoms. The lowest BCUT2D eigenvalue weighted by Crippen LogP contribution is -2.37. The minimum Gasteiger partial charge on any atom is -0.489 e. The molecule has 3 aromatic heterocycles. The highest BCUT2D eigenvalue weighted by Crippen LogP contribution is 2.42. The predicted molar refractivity (Wildman–Crippen MR) is 150 cm³/mol. The number of aryl methyl sites for hydroxylation is 2. The van der Waals surface area contributed by atoms with E-state index in [0.29, 0.717) is 5.02 Å². The molecule has 0 amide bonds. The first-order valence-corrected chi connectivity index (χ1v) is 13.9. The largest absolute Gasteiger partial charge is 0.489 e. The molecule has 0 aliphatic carbocycles. The average molecular weight is 539 g/mol. The van der Waals surface area contributed by atoms with Crippen LogP contribution in [0.4, 0.5) is 0 Å². The number of ether oxygens (including phenoxy) is 1. The van der Waals surface area contributed by atoms with Crippen LogP contribution in [-0.2, 0) is 13.6 Å². The zero-order valence-corrected chi connectivity index (χ0v) is 22.9. The Balaban J connectivity index is 1.54. The lowest BCUT2D eigenvalue weighted by Gasteiger charge is -2.22. The quantitative estimate of drug-likeness (QED) is 0.342. The molecule has 1 aromatic carbocycles. The normalized spacial score (nSPS) is 16.7. The summed E-state index contributed by atoms with van der Waals surface area (Å²) in [5.41, 5.74) is 3.08. The maximum absolute atomic E-state index is 12.6. The van der Waals surface area contributed by atoms with Gasteiger partial charge in [0.05, 0.1) is 16.8 Å². The van der Waals surface area contributed by atoms with Crippen molar-refractivity contribution in [3.63, 3.8) is 0 Å². The van der Waals surface area contributed by atoms with Gasteiger partial charge in [-0.15, -0.1) is 11.3 Å². The van der Waals surface area contributed by atoms with E-state index in [9.17, 15) is 9.59 Å². The Kier molecular flexibility index (Phi) is 7.51. The summed E-state index contributed by atoms with van der Waals surface area (Å²) < 4.78 is 10.3. The second-order valence-electron chi connectivity index (χ2n) is 9.62. The third-order valence-corrected chi connectivity index (χ3v) is 8.41. The molecule has 4 aromatic rings. The fraction of sp³-hybridized carbons (Fsp3) is 0.393. The molecule has 0 bridgehead atoms. The number of rotatable bonds is 6. The molecule has 1 fully saturated rings. The maximum atomic E-state index is 12.6. The molecule has 0 spiro atoms. The monoisotopic (exact) mass is 538 g/mol. The van der Waals surface area contributed by atoms with Gasteiger partial charge >= 0.3 is 5.69 Å². The van der Waals surface area contributed by atoms with E-state index >= 15 is 0 Å². The van der Waals surface area contributed by atoms with Crippen LogP contribution in [0.5, 0.6) is 5.75 Å². The number of fused-ring (bicyclic) bond motifs is 1. The lowest BCUT2D eigenvalue weighted by atomic mass is 10.0. The molecule has 0 unspecified atom stereocenters. The molecule has 0 saturated carbocycles. The molecule has 7 nitrogen and oxygen atoms in total. The van der Waals surface area contributed by atoms with E-state index in [0.717, 1.165) is 76.4 Å². The van der Waals surface area contributed by atoms with Crippen LogP contribution in [0.1, 0.15) is 36.6 Å². The Morgan fingerprint density at radius 2 is 1.97 bits per heavy atom. The van der Waals surface area contributed by atoms with Gasteiger partial charge in [-0.2, -0.15) is 0 Å². The van der Waals surface area contributed by atoms with Gasteiger partial charge in [-0.3, -0.25) is 14.3 Å². The van der Waals surface area contributed by atoms with E-state index in [1.807, 2.05) is 31.2 Å². The summed E-state index contributed by atoms with van der Waals surface area (Å²) in [4.78, 5) is 32.9. The summed E-state index contributed by atoms with van der Waals surface area (Å²) >= 11 is 8.08. The first-order valence-electron chi connectivity index (χ1n) is 12.7. The lowest BCUT2D eigenvalue weighted by molar-refractivity contribution is 0.181. The molecule has 5 rings (SSSR count). The Labute approximate surface area is 224 Å². The number of halogens is 1. The van der Waals surface area contributed by atoms with Crippen LogP contribution in [0.25, 0.3) is 21.3 Å². The molecule has 4 heterocycles. The van der Waals surface area contributed by atoms with E-state index < -0.39 is 0 Å². The van der Waals surface area contributed by atoms with Crippen molar-refractivity contribution < 1.29 is 4.74 Å². The first-order chi connectivity index (χ1) is 17.8. The molecule has 1 saturated heterocycles. The molecular weight excluding hydrogens is 508 g/mol. The van der Waals surface area contributed by atoms with Crippen LogP contribution < -0.4 is 16.0 Å². The van der Waals surface area contributed by atoms with Gasteiger partial charge in [0, 0.05) is 53.1 Å². The molecule has 194 valence electrons. The highest BCUT2D eigenvalue weighted by molar-refractivity contribution is 7.19. The third-order valence-electron chi connectivity index (χ3n) is 7.05. The van der Waals surface area contributed by atoms with Crippen molar-refractivity contribution in [2.45, 2.75) is 45.8 Å². The zero-order chi connectivity index (χ0) is 26.1. The van der Waals surface area contributed by atoms with E-state index in [2.05, 4.69) is 16.8 Å². The number of aromatic nitrogens is 3. The predicted octanol–water partition coefficient (Wildman–Crippen LogP) is 5.09. The van der Waals surface area contributed by atoms with E-state index in [1.165, 1.54) is 32.7 Å². The van der Waals surface area contributed by atoms with Gasteiger partial charge in [0.25, 0.3) is 5.56 Å². The average Bonchev–Trinajstić information content (AvgIpc) is 3.16. The van der Waals surface area contributed by atoms with Gasteiger partial charge < -0.3 is 14.2 Å².